The first-order chi connectivity index (χ1) is 28.1. The van der Waals surface area contributed by atoms with Gasteiger partial charge in [-0.15, -0.1) is 10.2 Å². The van der Waals surface area contributed by atoms with Crippen molar-refractivity contribution >= 4 is 11.6 Å². The normalized spacial score (nSPS) is 19.9. The molecule has 1 aliphatic rings. The Morgan fingerprint density at radius 1 is 0.614 bits per heavy atom. The fraction of sp³-hybridized carbons (Fsp3) is 0.277. The highest BCUT2D eigenvalue weighted by atomic mass is 35.5. The van der Waals surface area contributed by atoms with E-state index in [9.17, 15) is 5.11 Å². The number of aliphatic hydroxyl groups is 1. The van der Waals surface area contributed by atoms with E-state index < -0.39 is 36.6 Å². The lowest BCUT2D eigenvalue weighted by Crippen LogP contribution is -2.58. The first-order valence-electron chi connectivity index (χ1n) is 19.2. The molecular weight excluding hydrogens is 740 g/mol. The molecule has 10 heteroatoms. The monoisotopic (exact) mass is 786 g/mol. The van der Waals surface area contributed by atoms with Crippen LogP contribution < -0.4 is 4.74 Å². The van der Waals surface area contributed by atoms with Gasteiger partial charge in [-0.1, -0.05) is 139 Å². The van der Waals surface area contributed by atoms with Gasteiger partial charge in [0, 0.05) is 16.7 Å². The molecule has 7 rings (SSSR count). The van der Waals surface area contributed by atoms with Crippen LogP contribution in [0.4, 0.5) is 0 Å². The maximum atomic E-state index is 11.6. The summed E-state index contributed by atoms with van der Waals surface area (Å²) >= 11 is 6.79. The average Bonchev–Trinajstić information content (AvgIpc) is 3.26. The van der Waals surface area contributed by atoms with Crippen LogP contribution in [0.25, 0.3) is 0 Å². The summed E-state index contributed by atoms with van der Waals surface area (Å²) in [7, 11) is 0. The van der Waals surface area contributed by atoms with Crippen LogP contribution in [0.2, 0.25) is 5.02 Å². The number of halogens is 1. The average molecular weight is 787 g/mol. The number of ether oxygens (including phenoxy) is 6. The van der Waals surface area contributed by atoms with E-state index in [0.29, 0.717) is 55.2 Å². The summed E-state index contributed by atoms with van der Waals surface area (Å²) in [5, 5.41) is 20.3. The van der Waals surface area contributed by atoms with E-state index in [1.54, 1.807) is 18.2 Å². The van der Waals surface area contributed by atoms with Gasteiger partial charge in [-0.3, -0.25) is 0 Å². The third kappa shape index (κ3) is 10.9. The third-order valence-corrected chi connectivity index (χ3v) is 10.1. The van der Waals surface area contributed by atoms with E-state index in [0.717, 1.165) is 27.8 Å². The number of hydrogen-bond donors (Lipinski definition) is 1. The van der Waals surface area contributed by atoms with Crippen LogP contribution in [0.3, 0.4) is 0 Å². The van der Waals surface area contributed by atoms with Crippen molar-refractivity contribution in [3.05, 3.63) is 196 Å². The highest BCUT2D eigenvalue weighted by Gasteiger charge is 2.49. The Morgan fingerprint density at radius 3 is 1.67 bits per heavy atom. The van der Waals surface area contributed by atoms with Crippen molar-refractivity contribution in [1.29, 1.82) is 0 Å². The number of hydrogen-bond acceptors (Lipinski definition) is 9. The molecule has 1 aliphatic heterocycles. The van der Waals surface area contributed by atoms with Gasteiger partial charge in [0.2, 0.25) is 5.88 Å². The molecule has 6 atom stereocenters. The first kappa shape index (κ1) is 40.2. The predicted octanol–water partition coefficient (Wildman–Crippen LogP) is 9.02. The summed E-state index contributed by atoms with van der Waals surface area (Å²) < 4.78 is 39.6. The Morgan fingerprint density at radius 2 is 1.14 bits per heavy atom. The maximum Gasteiger partial charge on any atom is 0.233 e. The number of aliphatic hydroxyl groups excluding tert-OH is 1. The summed E-state index contributed by atoms with van der Waals surface area (Å²) in [6.07, 6.45) is -4.34. The maximum absolute atomic E-state index is 11.6. The van der Waals surface area contributed by atoms with Gasteiger partial charge in [0.25, 0.3) is 0 Å². The molecule has 0 amide bonds. The molecule has 1 aromatic heterocycles. The topological polar surface area (TPSA) is 101 Å². The van der Waals surface area contributed by atoms with Gasteiger partial charge in [0.05, 0.1) is 45.3 Å². The molecule has 2 heterocycles. The lowest BCUT2D eigenvalue weighted by atomic mass is 9.89. The second-order valence-corrected chi connectivity index (χ2v) is 14.2. The van der Waals surface area contributed by atoms with Crippen molar-refractivity contribution in [2.45, 2.75) is 70.0 Å². The largest absolute Gasteiger partial charge is 0.477 e. The van der Waals surface area contributed by atoms with Crippen LogP contribution in [0.15, 0.2) is 152 Å². The van der Waals surface area contributed by atoms with Gasteiger partial charge in [-0.2, -0.15) is 0 Å². The molecule has 0 aliphatic carbocycles. The Bertz CT molecular complexity index is 2080. The molecule has 1 fully saturated rings. The molecule has 1 N–H and O–H groups in total. The fourth-order valence-corrected chi connectivity index (χ4v) is 7.09. The van der Waals surface area contributed by atoms with Crippen molar-refractivity contribution in [2.75, 3.05) is 13.2 Å². The number of benzene rings is 5. The van der Waals surface area contributed by atoms with Gasteiger partial charge in [-0.05, 0) is 52.9 Å². The molecule has 1 saturated heterocycles. The minimum absolute atomic E-state index is 0.215. The fourth-order valence-electron chi connectivity index (χ4n) is 6.87. The Kier molecular flexibility index (Phi) is 14.4. The molecule has 1 unspecified atom stereocenters. The second-order valence-electron chi connectivity index (χ2n) is 13.8. The molecule has 6 aromatic rings. The van der Waals surface area contributed by atoms with E-state index >= 15 is 0 Å². The molecule has 0 saturated carbocycles. The Balaban J connectivity index is 1.27. The predicted molar refractivity (Wildman–Crippen MR) is 217 cm³/mol. The third-order valence-electron chi connectivity index (χ3n) is 9.76. The minimum atomic E-state index is -1.18. The van der Waals surface area contributed by atoms with Crippen LogP contribution in [0.5, 0.6) is 5.88 Å². The van der Waals surface area contributed by atoms with E-state index in [1.165, 1.54) is 0 Å². The summed E-state index contributed by atoms with van der Waals surface area (Å²) in [5.41, 5.74) is 5.56. The molecule has 5 aromatic carbocycles. The van der Waals surface area contributed by atoms with Gasteiger partial charge in [-0.25, -0.2) is 0 Å². The van der Waals surface area contributed by atoms with Crippen LogP contribution in [-0.2, 0) is 50.1 Å². The molecule has 0 radical (unpaired) electrons. The van der Waals surface area contributed by atoms with E-state index in [4.69, 9.17) is 40.0 Å². The minimum Gasteiger partial charge on any atom is -0.477 e. The SMILES string of the molecule is CCOc1ccc(C(O)c2cc([C@H]3O[C@H](COCc4ccccc4)[C@@H](OCc4ccccc4)[C@H](OCc4ccccc4)[C@@H]3OCc3ccccc3)ccc2Cl)nn1. The molecule has 0 bridgehead atoms. The summed E-state index contributed by atoms with van der Waals surface area (Å²) in [5.74, 6) is 0.369. The van der Waals surface area contributed by atoms with E-state index in [-0.39, 0.29) is 6.61 Å². The van der Waals surface area contributed by atoms with Crippen LogP contribution in [-0.4, -0.2) is 52.9 Å². The Labute approximate surface area is 339 Å². The summed E-state index contributed by atoms with van der Waals surface area (Å²) in [4.78, 5) is 0. The van der Waals surface area contributed by atoms with Crippen molar-refractivity contribution < 1.29 is 33.5 Å². The molecular formula is C47H47ClN2O7. The standard InChI is InChI=1S/C47H47ClN2O7/c1-2-53-42-26-25-40(49-50-42)43(51)38-27-37(23-24-39(38)48)44-46(55-30-35-19-11-5-12-20-35)47(56-31-36-21-13-6-14-22-36)45(54-29-34-17-9-4-10-18-34)41(57-44)32-52-28-33-15-7-3-8-16-33/h3-27,41,43-47,51H,2,28-32H2,1H3/t41-,43?,44-,45-,46-,47+/m1/s1. The molecule has 57 heavy (non-hydrogen) atoms. The quantitative estimate of drug-likeness (QED) is 0.0915. The summed E-state index contributed by atoms with van der Waals surface area (Å²) in [6.45, 7) is 3.86. The van der Waals surface area contributed by atoms with Crippen molar-refractivity contribution in [3.63, 3.8) is 0 Å². The van der Waals surface area contributed by atoms with E-state index in [2.05, 4.69) is 10.2 Å². The lowest BCUT2D eigenvalue weighted by Gasteiger charge is -2.46. The zero-order valence-corrected chi connectivity index (χ0v) is 32.6. The molecule has 9 nitrogen and oxygen atoms in total. The number of nitrogens with zero attached hydrogens (tertiary/aromatic N) is 2. The zero-order chi connectivity index (χ0) is 39.2. The lowest BCUT2D eigenvalue weighted by molar-refractivity contribution is -0.275. The first-order valence-corrected chi connectivity index (χ1v) is 19.6. The van der Waals surface area contributed by atoms with E-state index in [1.807, 2.05) is 140 Å². The smallest absolute Gasteiger partial charge is 0.233 e. The van der Waals surface area contributed by atoms with Gasteiger partial charge >= 0.3 is 0 Å². The Hall–Kier alpha value is -4.97. The zero-order valence-electron chi connectivity index (χ0n) is 31.8. The molecule has 294 valence electrons. The number of aromatic nitrogens is 2. The number of rotatable bonds is 18. The van der Waals surface area contributed by atoms with Gasteiger partial charge < -0.3 is 33.5 Å². The van der Waals surface area contributed by atoms with Crippen LogP contribution in [0.1, 0.15) is 58.2 Å². The summed E-state index contributed by atoms with van der Waals surface area (Å²) in [6, 6.07) is 49.0. The van der Waals surface area contributed by atoms with Crippen LogP contribution >= 0.6 is 11.6 Å². The van der Waals surface area contributed by atoms with Crippen molar-refractivity contribution in [2.24, 2.45) is 0 Å². The molecule has 0 spiro atoms. The highest BCUT2D eigenvalue weighted by molar-refractivity contribution is 6.31. The van der Waals surface area contributed by atoms with Gasteiger partial charge in [0.1, 0.15) is 36.6 Å². The second kappa shape index (κ2) is 20.5. The van der Waals surface area contributed by atoms with Crippen molar-refractivity contribution in [3.8, 4) is 5.88 Å². The highest BCUT2D eigenvalue weighted by Crippen LogP contribution is 2.41. The van der Waals surface area contributed by atoms with Crippen molar-refractivity contribution in [1.82, 2.24) is 10.2 Å². The van der Waals surface area contributed by atoms with Gasteiger partial charge in [0.15, 0.2) is 0 Å². The van der Waals surface area contributed by atoms with Crippen LogP contribution in [0, 0.1) is 0 Å².